The van der Waals surface area contributed by atoms with Crippen LogP contribution in [0, 0.1) is 6.92 Å². The molecule has 0 radical (unpaired) electrons. The van der Waals surface area contributed by atoms with E-state index in [1.54, 1.807) is 30.5 Å². The average molecular weight is 311 g/mol. The number of rotatable bonds is 6. The van der Waals surface area contributed by atoms with Crippen molar-refractivity contribution in [1.82, 2.24) is 5.32 Å². The van der Waals surface area contributed by atoms with Gasteiger partial charge >= 0.3 is 0 Å². The summed E-state index contributed by atoms with van der Waals surface area (Å²) in [6, 6.07) is 14.7. The number of carbonyl (C=O) groups is 1. The first-order valence-corrected chi connectivity index (χ1v) is 7.29. The molecule has 0 unspecified atom stereocenters. The van der Waals surface area contributed by atoms with Gasteiger partial charge in [-0.15, -0.1) is 0 Å². The summed E-state index contributed by atoms with van der Waals surface area (Å²) in [6.07, 6.45) is 1.56. The fraction of sp³-hybridized carbons (Fsp3) is 0.167. The number of carbonyl (C=O) groups excluding carboxylic acids is 1. The van der Waals surface area contributed by atoms with Crippen LogP contribution in [0.3, 0.4) is 0 Å². The maximum absolute atomic E-state index is 12.0. The van der Waals surface area contributed by atoms with Gasteiger partial charge in [-0.2, -0.15) is 0 Å². The topological polar surface area (TPSA) is 64.6 Å². The number of hydrogen-bond donors (Lipinski definition) is 1. The van der Waals surface area contributed by atoms with Gasteiger partial charge in [0.15, 0.2) is 5.76 Å². The Bertz CT molecular complexity index is 774. The summed E-state index contributed by atoms with van der Waals surface area (Å²) in [5.74, 6) is 2.01. The van der Waals surface area contributed by atoms with Crippen molar-refractivity contribution in [1.29, 1.82) is 0 Å². The Morgan fingerprint density at radius 2 is 2.04 bits per heavy atom. The van der Waals surface area contributed by atoms with Crippen molar-refractivity contribution in [3.05, 3.63) is 77.6 Å². The molecule has 0 atom stereocenters. The molecular formula is C18H17NO4. The van der Waals surface area contributed by atoms with Crippen LogP contribution in [-0.4, -0.2) is 5.91 Å². The van der Waals surface area contributed by atoms with Gasteiger partial charge in [-0.1, -0.05) is 12.1 Å². The predicted molar refractivity (Wildman–Crippen MR) is 84.1 cm³/mol. The van der Waals surface area contributed by atoms with Crippen LogP contribution in [0.5, 0.6) is 5.75 Å². The molecule has 2 heterocycles. The van der Waals surface area contributed by atoms with E-state index >= 15 is 0 Å². The molecule has 118 valence electrons. The van der Waals surface area contributed by atoms with Crippen molar-refractivity contribution in [2.75, 3.05) is 0 Å². The molecule has 23 heavy (non-hydrogen) atoms. The summed E-state index contributed by atoms with van der Waals surface area (Å²) in [7, 11) is 0. The molecule has 0 bridgehead atoms. The fourth-order valence-electron chi connectivity index (χ4n) is 2.10. The molecule has 2 aromatic heterocycles. The first kappa shape index (κ1) is 15.0. The van der Waals surface area contributed by atoms with Crippen molar-refractivity contribution in [2.24, 2.45) is 0 Å². The van der Waals surface area contributed by atoms with E-state index in [4.69, 9.17) is 13.6 Å². The van der Waals surface area contributed by atoms with Crippen molar-refractivity contribution < 1.29 is 18.4 Å². The maximum atomic E-state index is 12.0. The molecule has 5 nitrogen and oxygen atoms in total. The predicted octanol–water partition coefficient (Wildman–Crippen LogP) is 3.69. The highest BCUT2D eigenvalue weighted by molar-refractivity contribution is 5.91. The molecule has 0 aliphatic rings. The molecule has 1 N–H and O–H groups in total. The Morgan fingerprint density at radius 1 is 1.13 bits per heavy atom. The van der Waals surface area contributed by atoms with Crippen LogP contribution in [0.1, 0.15) is 27.6 Å². The zero-order valence-corrected chi connectivity index (χ0v) is 12.7. The molecule has 0 aliphatic heterocycles. The number of aryl methyl sites for hydroxylation is 1. The van der Waals surface area contributed by atoms with Crippen molar-refractivity contribution in [3.8, 4) is 5.75 Å². The van der Waals surface area contributed by atoms with E-state index in [9.17, 15) is 4.79 Å². The summed E-state index contributed by atoms with van der Waals surface area (Å²) in [4.78, 5) is 12.0. The lowest BCUT2D eigenvalue weighted by molar-refractivity contribution is 0.0916. The van der Waals surface area contributed by atoms with Gasteiger partial charge in [0.25, 0.3) is 5.91 Å². The van der Waals surface area contributed by atoms with E-state index in [2.05, 4.69) is 5.32 Å². The molecule has 1 amide bonds. The van der Waals surface area contributed by atoms with Crippen LogP contribution >= 0.6 is 0 Å². The molecule has 5 heteroatoms. The normalized spacial score (nSPS) is 10.5. The first-order valence-electron chi connectivity index (χ1n) is 7.29. The zero-order chi connectivity index (χ0) is 16.1. The summed E-state index contributed by atoms with van der Waals surface area (Å²) in [5.41, 5.74) is 1.12. The lowest BCUT2D eigenvalue weighted by atomic mass is 10.2. The van der Waals surface area contributed by atoms with Crippen molar-refractivity contribution in [3.63, 3.8) is 0 Å². The highest BCUT2D eigenvalue weighted by Crippen LogP contribution is 2.16. The monoisotopic (exact) mass is 311 g/mol. The molecule has 0 spiro atoms. The number of benzene rings is 1. The average Bonchev–Trinajstić information content (AvgIpc) is 3.22. The third kappa shape index (κ3) is 4.03. The Kier molecular flexibility index (Phi) is 4.47. The Morgan fingerprint density at radius 3 is 2.83 bits per heavy atom. The minimum atomic E-state index is -0.289. The van der Waals surface area contributed by atoms with Crippen LogP contribution in [0.15, 0.2) is 63.6 Å². The largest absolute Gasteiger partial charge is 0.486 e. The summed E-state index contributed by atoms with van der Waals surface area (Å²) >= 11 is 0. The van der Waals surface area contributed by atoms with Crippen molar-refractivity contribution in [2.45, 2.75) is 20.1 Å². The Hall–Kier alpha value is -2.95. The third-order valence-corrected chi connectivity index (χ3v) is 3.26. The number of amides is 1. The van der Waals surface area contributed by atoms with Crippen LogP contribution in [0.25, 0.3) is 0 Å². The molecule has 0 saturated heterocycles. The van der Waals surface area contributed by atoms with E-state index < -0.39 is 0 Å². The lowest BCUT2D eigenvalue weighted by Crippen LogP contribution is -2.21. The second kappa shape index (κ2) is 6.87. The summed E-state index contributed by atoms with van der Waals surface area (Å²) in [6.45, 7) is 2.60. The van der Waals surface area contributed by atoms with Gasteiger partial charge in [0.2, 0.25) is 0 Å². The minimum absolute atomic E-state index is 0.249. The molecule has 1 aromatic carbocycles. The molecule has 3 aromatic rings. The highest BCUT2D eigenvalue weighted by atomic mass is 16.5. The van der Waals surface area contributed by atoms with Gasteiger partial charge in [-0.3, -0.25) is 4.79 Å². The van der Waals surface area contributed by atoms with E-state index in [1.165, 1.54) is 0 Å². The second-order valence-corrected chi connectivity index (χ2v) is 5.13. The SMILES string of the molecule is Cc1cccc(OCc2ccc(C(=O)NCc3ccco3)o2)c1. The van der Waals surface area contributed by atoms with Crippen molar-refractivity contribution >= 4 is 5.91 Å². The molecule has 0 fully saturated rings. The molecule has 0 aliphatic carbocycles. The number of ether oxygens (including phenoxy) is 1. The van der Waals surface area contributed by atoms with E-state index in [0.717, 1.165) is 11.3 Å². The van der Waals surface area contributed by atoms with E-state index in [0.29, 0.717) is 18.1 Å². The van der Waals surface area contributed by atoms with Crippen LogP contribution in [0.2, 0.25) is 0 Å². The smallest absolute Gasteiger partial charge is 0.287 e. The van der Waals surface area contributed by atoms with Crippen LogP contribution in [-0.2, 0) is 13.2 Å². The third-order valence-electron chi connectivity index (χ3n) is 3.26. The van der Waals surface area contributed by atoms with E-state index in [-0.39, 0.29) is 18.3 Å². The van der Waals surface area contributed by atoms with Crippen LogP contribution < -0.4 is 10.1 Å². The minimum Gasteiger partial charge on any atom is -0.486 e. The van der Waals surface area contributed by atoms with Gasteiger partial charge in [-0.25, -0.2) is 0 Å². The molecular weight excluding hydrogens is 294 g/mol. The van der Waals surface area contributed by atoms with Gasteiger partial charge in [0.05, 0.1) is 12.8 Å². The molecule has 3 rings (SSSR count). The maximum Gasteiger partial charge on any atom is 0.287 e. The zero-order valence-electron chi connectivity index (χ0n) is 12.7. The van der Waals surface area contributed by atoms with E-state index in [1.807, 2.05) is 31.2 Å². The second-order valence-electron chi connectivity index (χ2n) is 5.13. The molecule has 0 saturated carbocycles. The first-order chi connectivity index (χ1) is 11.2. The quantitative estimate of drug-likeness (QED) is 0.754. The standard InChI is InChI=1S/C18H17NO4/c1-13-4-2-5-14(10-13)22-12-16-7-8-17(23-16)18(20)19-11-15-6-3-9-21-15/h2-10H,11-12H2,1H3,(H,19,20). The highest BCUT2D eigenvalue weighted by Gasteiger charge is 2.11. The number of hydrogen-bond acceptors (Lipinski definition) is 4. The Labute approximate surface area is 133 Å². The van der Waals surface area contributed by atoms with Gasteiger partial charge < -0.3 is 18.9 Å². The number of furan rings is 2. The van der Waals surface area contributed by atoms with Crippen LogP contribution in [0.4, 0.5) is 0 Å². The van der Waals surface area contributed by atoms with Gasteiger partial charge in [0, 0.05) is 0 Å². The number of nitrogens with one attached hydrogen (secondary N) is 1. The van der Waals surface area contributed by atoms with Gasteiger partial charge in [0.1, 0.15) is 23.9 Å². The fourth-order valence-corrected chi connectivity index (χ4v) is 2.10. The van der Waals surface area contributed by atoms with Gasteiger partial charge in [-0.05, 0) is 48.9 Å². The lowest BCUT2D eigenvalue weighted by Gasteiger charge is -2.04. The summed E-state index contributed by atoms with van der Waals surface area (Å²) < 4.78 is 16.3. The Balaban J connectivity index is 1.54. The summed E-state index contributed by atoms with van der Waals surface area (Å²) in [5, 5.41) is 2.73.